The lowest BCUT2D eigenvalue weighted by Gasteiger charge is -2.45. The first-order valence-corrected chi connectivity index (χ1v) is 8.36. The molecule has 2 aliphatic rings. The Balaban J connectivity index is 2.17. The predicted molar refractivity (Wildman–Crippen MR) is 87.8 cm³/mol. The standard InChI is InChI=1S/C16H28BNS/c1-11(2)16(17)9-7-13-5-6-15(19)18(12(3)4)14(13)8-10-16/h11-14H,5-10H2,1-4H3. The number of hydrogen-bond donors (Lipinski definition) is 0. The van der Waals surface area contributed by atoms with E-state index in [9.17, 15) is 0 Å². The Bertz CT molecular complexity index is 342. The quantitative estimate of drug-likeness (QED) is 0.545. The van der Waals surface area contributed by atoms with Gasteiger partial charge in [-0.25, -0.2) is 0 Å². The number of rotatable bonds is 2. The maximum atomic E-state index is 6.66. The number of thiocarbonyl (C=S) groups is 1. The average molecular weight is 277 g/mol. The van der Waals surface area contributed by atoms with E-state index in [2.05, 4.69) is 32.6 Å². The van der Waals surface area contributed by atoms with Gasteiger partial charge in [0.25, 0.3) is 0 Å². The van der Waals surface area contributed by atoms with Crippen molar-refractivity contribution in [2.45, 2.75) is 83.6 Å². The summed E-state index contributed by atoms with van der Waals surface area (Å²) in [5.41, 5.74) is 0. The van der Waals surface area contributed by atoms with Crippen LogP contribution in [0.2, 0.25) is 5.31 Å². The van der Waals surface area contributed by atoms with Crippen molar-refractivity contribution in [3.05, 3.63) is 0 Å². The molecule has 19 heavy (non-hydrogen) atoms. The van der Waals surface area contributed by atoms with Crippen LogP contribution in [0.15, 0.2) is 0 Å². The van der Waals surface area contributed by atoms with Crippen LogP contribution in [-0.2, 0) is 0 Å². The second kappa shape index (κ2) is 5.75. The Morgan fingerprint density at radius 2 is 1.79 bits per heavy atom. The van der Waals surface area contributed by atoms with Gasteiger partial charge >= 0.3 is 0 Å². The molecule has 2 fully saturated rings. The number of nitrogens with zero attached hydrogens (tertiary/aromatic N) is 1. The summed E-state index contributed by atoms with van der Waals surface area (Å²) in [4.78, 5) is 3.71. The smallest absolute Gasteiger partial charge is 0.0784 e. The van der Waals surface area contributed by atoms with Gasteiger partial charge in [-0.05, 0) is 51.4 Å². The van der Waals surface area contributed by atoms with E-state index < -0.39 is 0 Å². The van der Waals surface area contributed by atoms with Crippen LogP contribution in [0.1, 0.15) is 66.2 Å². The minimum Gasteiger partial charge on any atom is -0.360 e. The van der Waals surface area contributed by atoms with Gasteiger partial charge in [-0.15, -0.1) is 0 Å². The summed E-state index contributed by atoms with van der Waals surface area (Å²) in [5, 5.41) is 0.0433. The molecule has 3 unspecified atom stereocenters. The number of hydrogen-bond acceptors (Lipinski definition) is 1. The van der Waals surface area contributed by atoms with Gasteiger partial charge in [-0.2, -0.15) is 0 Å². The molecule has 0 aromatic rings. The second-order valence-corrected chi connectivity index (χ2v) is 7.70. The number of piperidine rings is 1. The molecule has 0 aromatic carbocycles. The molecular weight excluding hydrogens is 249 g/mol. The lowest BCUT2D eigenvalue weighted by molar-refractivity contribution is 0.153. The maximum Gasteiger partial charge on any atom is 0.0784 e. The van der Waals surface area contributed by atoms with Crippen LogP contribution in [0.4, 0.5) is 0 Å². The summed E-state index contributed by atoms with van der Waals surface area (Å²) in [7, 11) is 6.66. The van der Waals surface area contributed by atoms with Crippen molar-refractivity contribution >= 4 is 25.1 Å². The molecule has 1 heterocycles. The van der Waals surface area contributed by atoms with Crippen LogP contribution in [-0.4, -0.2) is 29.8 Å². The van der Waals surface area contributed by atoms with E-state index in [1.165, 1.54) is 30.7 Å². The first kappa shape index (κ1) is 15.3. The highest BCUT2D eigenvalue weighted by Gasteiger charge is 2.40. The molecule has 3 heteroatoms. The Labute approximate surface area is 125 Å². The largest absolute Gasteiger partial charge is 0.360 e. The van der Waals surface area contributed by atoms with Crippen molar-refractivity contribution in [3.8, 4) is 0 Å². The van der Waals surface area contributed by atoms with Gasteiger partial charge < -0.3 is 4.90 Å². The third-order valence-electron chi connectivity index (χ3n) is 5.51. The zero-order chi connectivity index (χ0) is 14.2. The molecule has 1 saturated carbocycles. The third-order valence-corrected chi connectivity index (χ3v) is 5.93. The van der Waals surface area contributed by atoms with Crippen molar-refractivity contribution in [2.75, 3.05) is 0 Å². The average Bonchev–Trinajstić information content (AvgIpc) is 2.50. The Morgan fingerprint density at radius 1 is 1.16 bits per heavy atom. The molecular formula is C16H28BNS. The molecule has 1 nitrogen and oxygen atoms in total. The minimum atomic E-state index is 0.0433. The number of fused-ring (bicyclic) bond motifs is 1. The molecule has 1 saturated heterocycles. The van der Waals surface area contributed by atoms with E-state index in [1.807, 2.05) is 0 Å². The van der Waals surface area contributed by atoms with Gasteiger partial charge in [0, 0.05) is 12.1 Å². The highest BCUT2D eigenvalue weighted by atomic mass is 32.1. The first-order valence-electron chi connectivity index (χ1n) is 7.95. The summed E-state index contributed by atoms with van der Waals surface area (Å²) < 4.78 is 0. The second-order valence-electron chi connectivity index (χ2n) is 7.23. The van der Waals surface area contributed by atoms with Crippen molar-refractivity contribution < 1.29 is 0 Å². The van der Waals surface area contributed by atoms with Gasteiger partial charge in [0.1, 0.15) is 0 Å². The number of likely N-dealkylation sites (tertiary alicyclic amines) is 1. The molecule has 106 valence electrons. The summed E-state index contributed by atoms with van der Waals surface area (Å²) in [6.45, 7) is 9.11. The monoisotopic (exact) mass is 277 g/mol. The molecule has 0 aromatic heterocycles. The van der Waals surface area contributed by atoms with Crippen molar-refractivity contribution in [2.24, 2.45) is 11.8 Å². The van der Waals surface area contributed by atoms with E-state index in [1.54, 1.807) is 0 Å². The van der Waals surface area contributed by atoms with Crippen LogP contribution in [0.3, 0.4) is 0 Å². The van der Waals surface area contributed by atoms with Crippen LogP contribution >= 0.6 is 12.2 Å². The first-order chi connectivity index (χ1) is 8.85. The lowest BCUT2D eigenvalue weighted by atomic mass is 9.57. The molecule has 2 rings (SSSR count). The molecule has 0 amide bonds. The van der Waals surface area contributed by atoms with E-state index in [-0.39, 0.29) is 5.31 Å². The van der Waals surface area contributed by atoms with E-state index in [0.29, 0.717) is 18.0 Å². The van der Waals surface area contributed by atoms with E-state index >= 15 is 0 Å². The van der Waals surface area contributed by atoms with Crippen LogP contribution in [0.25, 0.3) is 0 Å². The minimum absolute atomic E-state index is 0.0433. The summed E-state index contributed by atoms with van der Waals surface area (Å²) in [5.74, 6) is 1.38. The Morgan fingerprint density at radius 3 is 2.37 bits per heavy atom. The zero-order valence-corrected chi connectivity index (χ0v) is 13.8. The highest BCUT2D eigenvalue weighted by molar-refractivity contribution is 7.80. The molecule has 1 aliphatic heterocycles. The van der Waals surface area contributed by atoms with Crippen LogP contribution in [0.5, 0.6) is 0 Å². The molecule has 0 N–H and O–H groups in total. The molecule has 0 bridgehead atoms. The zero-order valence-electron chi connectivity index (χ0n) is 13.0. The fraction of sp³-hybridized carbons (Fsp3) is 0.938. The Hall–Kier alpha value is -0.0451. The van der Waals surface area contributed by atoms with Gasteiger partial charge in [0.15, 0.2) is 0 Å². The molecule has 2 radical (unpaired) electrons. The Kier molecular flexibility index (Phi) is 4.65. The van der Waals surface area contributed by atoms with Gasteiger partial charge in [-0.1, -0.05) is 44.2 Å². The van der Waals surface area contributed by atoms with Gasteiger partial charge in [0.2, 0.25) is 0 Å². The van der Waals surface area contributed by atoms with E-state index in [0.717, 1.165) is 18.8 Å². The van der Waals surface area contributed by atoms with E-state index in [4.69, 9.17) is 20.1 Å². The van der Waals surface area contributed by atoms with Crippen LogP contribution < -0.4 is 0 Å². The predicted octanol–water partition coefficient (Wildman–Crippen LogP) is 4.36. The lowest BCUT2D eigenvalue weighted by Crippen LogP contribution is -2.50. The topological polar surface area (TPSA) is 3.24 Å². The van der Waals surface area contributed by atoms with Crippen LogP contribution in [0, 0.1) is 11.8 Å². The molecule has 1 aliphatic carbocycles. The summed E-state index contributed by atoms with van der Waals surface area (Å²) in [6.07, 6.45) is 7.22. The summed E-state index contributed by atoms with van der Waals surface area (Å²) >= 11 is 5.62. The molecule has 3 atom stereocenters. The SMILES string of the molecule is [B]C1(C(C)C)CCC2CCC(=S)N(C(C)C)C2CC1. The molecule has 0 spiro atoms. The van der Waals surface area contributed by atoms with Crippen molar-refractivity contribution in [3.63, 3.8) is 0 Å². The van der Waals surface area contributed by atoms with Crippen molar-refractivity contribution in [1.82, 2.24) is 4.90 Å². The third kappa shape index (κ3) is 3.01. The fourth-order valence-corrected chi connectivity index (χ4v) is 4.46. The fourth-order valence-electron chi connectivity index (χ4n) is 4.00. The highest BCUT2D eigenvalue weighted by Crippen LogP contribution is 2.49. The van der Waals surface area contributed by atoms with Gasteiger partial charge in [-0.3, -0.25) is 0 Å². The summed E-state index contributed by atoms with van der Waals surface area (Å²) in [6, 6.07) is 1.18. The maximum absolute atomic E-state index is 6.66. The normalized spacial score (nSPS) is 36.5. The van der Waals surface area contributed by atoms with Crippen molar-refractivity contribution in [1.29, 1.82) is 0 Å². The van der Waals surface area contributed by atoms with Gasteiger partial charge in [0.05, 0.1) is 12.8 Å².